The summed E-state index contributed by atoms with van der Waals surface area (Å²) >= 11 is 0. The van der Waals surface area contributed by atoms with E-state index in [0.717, 1.165) is 18.7 Å². The number of benzene rings is 1. The Morgan fingerprint density at radius 3 is 2.70 bits per heavy atom. The van der Waals surface area contributed by atoms with Crippen molar-refractivity contribution < 1.29 is 14.3 Å². The van der Waals surface area contributed by atoms with Gasteiger partial charge in [0.05, 0.1) is 19.2 Å². The number of carbonyl (C=O) groups is 2. The fourth-order valence-corrected chi connectivity index (χ4v) is 2.51. The monoisotopic (exact) mass is 317 g/mol. The number of para-hydroxylation sites is 1. The molecule has 1 N–H and O–H groups in total. The molecule has 1 aliphatic heterocycles. The van der Waals surface area contributed by atoms with Crippen LogP contribution in [0.3, 0.4) is 0 Å². The number of ether oxygens (including phenoxy) is 1. The van der Waals surface area contributed by atoms with Crippen molar-refractivity contribution in [3.8, 4) is 0 Å². The molecular formula is C17H23N3O3. The SMILES string of the molecule is COC1=C(C(=O)NCCCN(C)c2ccccc2)CN(C)C1=O. The molecule has 1 aliphatic rings. The zero-order chi connectivity index (χ0) is 16.8. The lowest BCUT2D eigenvalue weighted by Gasteiger charge is -2.19. The molecule has 1 heterocycles. The van der Waals surface area contributed by atoms with E-state index >= 15 is 0 Å². The van der Waals surface area contributed by atoms with Gasteiger partial charge in [-0.05, 0) is 18.6 Å². The van der Waals surface area contributed by atoms with Crippen LogP contribution in [0.15, 0.2) is 41.7 Å². The molecule has 6 heteroatoms. The summed E-state index contributed by atoms with van der Waals surface area (Å²) in [4.78, 5) is 27.6. The van der Waals surface area contributed by atoms with Gasteiger partial charge < -0.3 is 19.9 Å². The smallest absolute Gasteiger partial charge is 0.289 e. The van der Waals surface area contributed by atoms with Crippen LogP contribution >= 0.6 is 0 Å². The number of rotatable bonds is 7. The van der Waals surface area contributed by atoms with Crippen molar-refractivity contribution in [2.75, 3.05) is 45.7 Å². The zero-order valence-electron chi connectivity index (χ0n) is 13.8. The van der Waals surface area contributed by atoms with Gasteiger partial charge in [0.2, 0.25) is 0 Å². The highest BCUT2D eigenvalue weighted by Crippen LogP contribution is 2.18. The summed E-state index contributed by atoms with van der Waals surface area (Å²) in [7, 11) is 5.08. The van der Waals surface area contributed by atoms with Crippen molar-refractivity contribution in [2.45, 2.75) is 6.42 Å². The van der Waals surface area contributed by atoms with E-state index in [1.807, 2.05) is 37.4 Å². The summed E-state index contributed by atoms with van der Waals surface area (Å²) in [5.74, 6) is -0.338. The van der Waals surface area contributed by atoms with Crippen LogP contribution in [-0.4, -0.2) is 57.6 Å². The van der Waals surface area contributed by atoms with Crippen LogP contribution in [0.2, 0.25) is 0 Å². The van der Waals surface area contributed by atoms with Gasteiger partial charge in [-0.2, -0.15) is 0 Å². The molecule has 6 nitrogen and oxygen atoms in total. The summed E-state index contributed by atoms with van der Waals surface area (Å²) in [6.07, 6.45) is 0.816. The van der Waals surface area contributed by atoms with Crippen molar-refractivity contribution >= 4 is 17.5 Å². The maximum Gasteiger partial charge on any atom is 0.289 e. The standard InChI is InChI=1S/C17H23N3O3/c1-19(13-8-5-4-6-9-13)11-7-10-18-16(21)14-12-20(2)17(22)15(14)23-3/h4-6,8-9H,7,10-12H2,1-3H3,(H,18,21). The molecule has 0 unspecified atom stereocenters. The van der Waals surface area contributed by atoms with E-state index in [1.165, 1.54) is 12.0 Å². The Labute approximate surface area is 136 Å². The second-order valence-corrected chi connectivity index (χ2v) is 5.54. The van der Waals surface area contributed by atoms with Crippen LogP contribution in [0.1, 0.15) is 6.42 Å². The Balaban J connectivity index is 1.79. The van der Waals surface area contributed by atoms with Crippen LogP contribution < -0.4 is 10.2 Å². The molecule has 0 radical (unpaired) electrons. The van der Waals surface area contributed by atoms with E-state index in [9.17, 15) is 9.59 Å². The highest BCUT2D eigenvalue weighted by atomic mass is 16.5. The maximum atomic E-state index is 12.2. The first-order valence-corrected chi connectivity index (χ1v) is 7.61. The maximum absolute atomic E-state index is 12.2. The quantitative estimate of drug-likeness (QED) is 0.762. The summed E-state index contributed by atoms with van der Waals surface area (Å²) in [5.41, 5.74) is 1.54. The number of methoxy groups -OCH3 is 1. The molecule has 0 fully saturated rings. The lowest BCUT2D eigenvalue weighted by molar-refractivity contribution is -0.127. The summed E-state index contributed by atoms with van der Waals surface area (Å²) in [6, 6.07) is 10.1. The van der Waals surface area contributed by atoms with Crippen LogP contribution in [0.5, 0.6) is 0 Å². The molecule has 0 spiro atoms. The highest BCUT2D eigenvalue weighted by Gasteiger charge is 2.32. The third kappa shape index (κ3) is 4.03. The third-order valence-corrected chi connectivity index (χ3v) is 3.84. The molecule has 0 aliphatic carbocycles. The van der Waals surface area contributed by atoms with Gasteiger partial charge in [0.25, 0.3) is 11.8 Å². The molecule has 2 amide bonds. The van der Waals surface area contributed by atoms with E-state index in [2.05, 4.69) is 10.2 Å². The largest absolute Gasteiger partial charge is 0.491 e. The fourth-order valence-electron chi connectivity index (χ4n) is 2.51. The number of hydrogen-bond donors (Lipinski definition) is 1. The number of anilines is 1. The molecule has 1 aromatic rings. The summed E-state index contributed by atoms with van der Waals surface area (Å²) in [6.45, 7) is 1.67. The second kappa shape index (κ2) is 7.67. The lowest BCUT2D eigenvalue weighted by atomic mass is 10.2. The molecular weight excluding hydrogens is 294 g/mol. The molecule has 0 bridgehead atoms. The Kier molecular flexibility index (Phi) is 5.62. The van der Waals surface area contributed by atoms with Gasteiger partial charge in [0.15, 0.2) is 5.76 Å². The average Bonchev–Trinajstić information content (AvgIpc) is 2.86. The Bertz CT molecular complexity index is 598. The molecule has 0 atom stereocenters. The first-order chi connectivity index (χ1) is 11.0. The molecule has 0 saturated carbocycles. The van der Waals surface area contributed by atoms with Crippen molar-refractivity contribution in [1.29, 1.82) is 0 Å². The van der Waals surface area contributed by atoms with Crippen LogP contribution in [0.25, 0.3) is 0 Å². The predicted octanol–water partition coefficient (Wildman–Crippen LogP) is 1.00. The predicted molar refractivity (Wildman–Crippen MR) is 89.0 cm³/mol. The average molecular weight is 317 g/mol. The molecule has 2 rings (SSSR count). The second-order valence-electron chi connectivity index (χ2n) is 5.54. The van der Waals surface area contributed by atoms with E-state index in [1.54, 1.807) is 7.05 Å². The van der Waals surface area contributed by atoms with Gasteiger partial charge >= 0.3 is 0 Å². The van der Waals surface area contributed by atoms with Gasteiger partial charge in [0, 0.05) is 32.9 Å². The molecule has 124 valence electrons. The Morgan fingerprint density at radius 1 is 1.35 bits per heavy atom. The lowest BCUT2D eigenvalue weighted by Crippen LogP contribution is -2.31. The van der Waals surface area contributed by atoms with Crippen LogP contribution in [-0.2, 0) is 14.3 Å². The number of amides is 2. The summed E-state index contributed by atoms with van der Waals surface area (Å²) in [5, 5.41) is 2.85. The first kappa shape index (κ1) is 16.9. The van der Waals surface area contributed by atoms with Crippen molar-refractivity contribution in [3.63, 3.8) is 0 Å². The zero-order valence-corrected chi connectivity index (χ0v) is 13.8. The number of nitrogens with zero attached hydrogens (tertiary/aromatic N) is 2. The number of carbonyl (C=O) groups excluding carboxylic acids is 2. The molecule has 0 aromatic heterocycles. The normalized spacial score (nSPS) is 14.2. The molecule has 0 saturated heterocycles. The number of hydrogen-bond acceptors (Lipinski definition) is 4. The minimum Gasteiger partial charge on any atom is -0.491 e. The van der Waals surface area contributed by atoms with Gasteiger partial charge in [-0.25, -0.2) is 0 Å². The van der Waals surface area contributed by atoms with Crippen molar-refractivity contribution in [2.24, 2.45) is 0 Å². The van der Waals surface area contributed by atoms with Gasteiger partial charge in [0.1, 0.15) is 0 Å². The first-order valence-electron chi connectivity index (χ1n) is 7.61. The van der Waals surface area contributed by atoms with Crippen molar-refractivity contribution in [1.82, 2.24) is 10.2 Å². The van der Waals surface area contributed by atoms with Crippen molar-refractivity contribution in [3.05, 3.63) is 41.7 Å². The Morgan fingerprint density at radius 2 is 2.04 bits per heavy atom. The summed E-state index contributed by atoms with van der Waals surface area (Å²) < 4.78 is 5.05. The fraction of sp³-hybridized carbons (Fsp3) is 0.412. The van der Waals surface area contributed by atoms with Gasteiger partial charge in [-0.3, -0.25) is 9.59 Å². The minimum atomic E-state index is -0.249. The van der Waals surface area contributed by atoms with E-state index in [4.69, 9.17) is 4.74 Å². The number of likely N-dealkylation sites (N-methyl/N-ethyl adjacent to an activating group) is 1. The highest BCUT2D eigenvalue weighted by molar-refractivity contribution is 6.07. The number of nitrogens with one attached hydrogen (secondary N) is 1. The van der Waals surface area contributed by atoms with Gasteiger partial charge in [-0.1, -0.05) is 18.2 Å². The van der Waals surface area contributed by atoms with Crippen LogP contribution in [0, 0.1) is 0 Å². The molecule has 23 heavy (non-hydrogen) atoms. The third-order valence-electron chi connectivity index (χ3n) is 3.84. The molecule has 1 aromatic carbocycles. The van der Waals surface area contributed by atoms with E-state index in [0.29, 0.717) is 12.1 Å². The van der Waals surface area contributed by atoms with E-state index in [-0.39, 0.29) is 24.1 Å². The topological polar surface area (TPSA) is 61.9 Å². The van der Waals surface area contributed by atoms with Gasteiger partial charge in [-0.15, -0.1) is 0 Å². The van der Waals surface area contributed by atoms with E-state index < -0.39 is 0 Å². The van der Waals surface area contributed by atoms with Crippen LogP contribution in [0.4, 0.5) is 5.69 Å². The minimum absolute atomic E-state index is 0.145. The Hall–Kier alpha value is -2.50.